The van der Waals surface area contributed by atoms with Gasteiger partial charge in [0.05, 0.1) is 12.2 Å². The second kappa shape index (κ2) is 7.95. The minimum atomic E-state index is 0.223. The molecule has 3 aromatic rings. The molecule has 6 heteroatoms. The summed E-state index contributed by atoms with van der Waals surface area (Å²) in [6.45, 7) is 1.98. The third kappa shape index (κ3) is 4.28. The number of aromatic amines is 1. The van der Waals surface area contributed by atoms with E-state index in [0.29, 0.717) is 19.6 Å². The highest BCUT2D eigenvalue weighted by molar-refractivity contribution is 5.78. The summed E-state index contributed by atoms with van der Waals surface area (Å²) in [7, 11) is 0. The van der Waals surface area contributed by atoms with Crippen molar-refractivity contribution in [3.8, 4) is 28.5 Å². The van der Waals surface area contributed by atoms with Gasteiger partial charge < -0.3 is 14.4 Å². The van der Waals surface area contributed by atoms with Crippen molar-refractivity contribution in [2.75, 3.05) is 19.7 Å². The molecule has 1 aliphatic heterocycles. The molecule has 1 aliphatic rings. The summed E-state index contributed by atoms with van der Waals surface area (Å²) in [6.07, 6.45) is 3.34. The minimum Gasteiger partial charge on any atom is -0.492 e. The average Bonchev–Trinajstić information content (AvgIpc) is 3.36. The number of hydrogen-bond donors (Lipinski definition) is 1. The maximum atomic E-state index is 11.6. The number of benzene rings is 2. The Hall–Kier alpha value is -3.28. The first kappa shape index (κ1) is 17.1. The van der Waals surface area contributed by atoms with Crippen molar-refractivity contribution in [2.24, 2.45) is 0 Å². The molecule has 2 heterocycles. The number of carbonyl (C=O) groups is 1. The molecule has 1 amide bonds. The van der Waals surface area contributed by atoms with E-state index < -0.39 is 0 Å². The molecule has 1 N–H and O–H groups in total. The minimum absolute atomic E-state index is 0.223. The van der Waals surface area contributed by atoms with E-state index in [0.717, 1.165) is 41.5 Å². The summed E-state index contributed by atoms with van der Waals surface area (Å²) in [6, 6.07) is 17.2. The fraction of sp³-hybridized carbons (Fsp3) is 0.238. The molecule has 0 unspecified atom stereocenters. The van der Waals surface area contributed by atoms with E-state index in [1.807, 2.05) is 59.5 Å². The van der Waals surface area contributed by atoms with Crippen molar-refractivity contribution in [1.82, 2.24) is 15.1 Å². The Labute approximate surface area is 157 Å². The van der Waals surface area contributed by atoms with Gasteiger partial charge in [-0.3, -0.25) is 9.89 Å². The molecular weight excluding hydrogens is 342 g/mol. The smallest absolute Gasteiger partial charge is 0.222 e. The van der Waals surface area contributed by atoms with Crippen LogP contribution in [0.4, 0.5) is 0 Å². The van der Waals surface area contributed by atoms with Crippen LogP contribution in [0.2, 0.25) is 0 Å². The third-order valence-electron chi connectivity index (χ3n) is 4.53. The number of rotatable bonds is 7. The maximum Gasteiger partial charge on any atom is 0.222 e. The van der Waals surface area contributed by atoms with E-state index in [4.69, 9.17) is 9.47 Å². The Morgan fingerprint density at radius 2 is 1.67 bits per heavy atom. The Balaban J connectivity index is 1.29. The summed E-state index contributed by atoms with van der Waals surface area (Å²) in [4.78, 5) is 13.4. The molecular formula is C21H21N3O3. The van der Waals surface area contributed by atoms with Gasteiger partial charge in [0.15, 0.2) is 0 Å². The largest absolute Gasteiger partial charge is 0.492 e. The lowest BCUT2D eigenvalue weighted by molar-refractivity contribution is -0.128. The highest BCUT2D eigenvalue weighted by Gasteiger charge is 2.19. The van der Waals surface area contributed by atoms with Gasteiger partial charge in [-0.1, -0.05) is 0 Å². The normalized spacial score (nSPS) is 13.8. The third-order valence-corrected chi connectivity index (χ3v) is 4.53. The molecule has 138 valence electrons. The number of ether oxygens (including phenoxy) is 2. The molecule has 4 rings (SSSR count). The molecule has 0 aliphatic carbocycles. The zero-order valence-electron chi connectivity index (χ0n) is 14.9. The lowest BCUT2D eigenvalue weighted by Crippen LogP contribution is -2.29. The molecule has 0 radical (unpaired) electrons. The number of hydrogen-bond acceptors (Lipinski definition) is 4. The average molecular weight is 363 g/mol. The van der Waals surface area contributed by atoms with Crippen molar-refractivity contribution in [1.29, 1.82) is 0 Å². The number of aromatic nitrogens is 2. The van der Waals surface area contributed by atoms with Crippen LogP contribution in [0.25, 0.3) is 11.3 Å². The lowest BCUT2D eigenvalue weighted by atomic mass is 10.1. The number of amides is 1. The van der Waals surface area contributed by atoms with Crippen molar-refractivity contribution >= 4 is 5.91 Å². The number of likely N-dealkylation sites (tertiary alicyclic amines) is 1. The van der Waals surface area contributed by atoms with Gasteiger partial charge in [-0.15, -0.1) is 0 Å². The number of nitrogens with zero attached hydrogens (tertiary/aromatic N) is 2. The van der Waals surface area contributed by atoms with Gasteiger partial charge in [0.2, 0.25) is 5.91 Å². The summed E-state index contributed by atoms with van der Waals surface area (Å²) >= 11 is 0. The first-order valence-corrected chi connectivity index (χ1v) is 9.06. The molecule has 0 spiro atoms. The summed E-state index contributed by atoms with van der Waals surface area (Å²) in [5, 5.41) is 6.90. The predicted octanol–water partition coefficient (Wildman–Crippen LogP) is 3.87. The van der Waals surface area contributed by atoms with Crippen LogP contribution in [-0.2, 0) is 4.79 Å². The van der Waals surface area contributed by atoms with E-state index in [1.165, 1.54) is 0 Å². The monoisotopic (exact) mass is 363 g/mol. The van der Waals surface area contributed by atoms with Gasteiger partial charge in [-0.25, -0.2) is 0 Å². The van der Waals surface area contributed by atoms with Crippen molar-refractivity contribution in [3.05, 3.63) is 60.8 Å². The second-order valence-electron chi connectivity index (χ2n) is 6.40. The van der Waals surface area contributed by atoms with Crippen molar-refractivity contribution in [2.45, 2.75) is 12.8 Å². The number of H-pyrrole nitrogens is 1. The molecule has 1 aromatic heterocycles. The van der Waals surface area contributed by atoms with Gasteiger partial charge in [-0.2, -0.15) is 5.10 Å². The highest BCUT2D eigenvalue weighted by Crippen LogP contribution is 2.26. The molecule has 27 heavy (non-hydrogen) atoms. The highest BCUT2D eigenvalue weighted by atomic mass is 16.5. The quantitative estimate of drug-likeness (QED) is 0.692. The van der Waals surface area contributed by atoms with E-state index in [2.05, 4.69) is 10.2 Å². The Morgan fingerprint density at radius 3 is 2.30 bits per heavy atom. The fourth-order valence-corrected chi connectivity index (χ4v) is 3.07. The van der Waals surface area contributed by atoms with E-state index in [-0.39, 0.29) is 5.91 Å². The van der Waals surface area contributed by atoms with Crippen LogP contribution < -0.4 is 9.47 Å². The van der Waals surface area contributed by atoms with Crippen molar-refractivity contribution < 1.29 is 14.3 Å². The van der Waals surface area contributed by atoms with Crippen LogP contribution in [0, 0.1) is 0 Å². The van der Waals surface area contributed by atoms with Gasteiger partial charge in [0.25, 0.3) is 0 Å². The summed E-state index contributed by atoms with van der Waals surface area (Å²) in [5.74, 6) is 2.50. The Kier molecular flexibility index (Phi) is 5.05. The molecule has 2 aromatic carbocycles. The first-order valence-electron chi connectivity index (χ1n) is 9.06. The maximum absolute atomic E-state index is 11.6. The van der Waals surface area contributed by atoms with E-state index in [9.17, 15) is 4.79 Å². The Morgan fingerprint density at radius 1 is 0.963 bits per heavy atom. The van der Waals surface area contributed by atoms with Crippen molar-refractivity contribution in [3.63, 3.8) is 0 Å². The summed E-state index contributed by atoms with van der Waals surface area (Å²) in [5.41, 5.74) is 2.03. The zero-order chi connectivity index (χ0) is 18.5. The fourth-order valence-electron chi connectivity index (χ4n) is 3.07. The van der Waals surface area contributed by atoms with Crippen LogP contribution in [0.5, 0.6) is 17.2 Å². The first-order chi connectivity index (χ1) is 13.3. The van der Waals surface area contributed by atoms with Crippen LogP contribution in [0.3, 0.4) is 0 Å². The predicted molar refractivity (Wildman–Crippen MR) is 102 cm³/mol. The van der Waals surface area contributed by atoms with Gasteiger partial charge in [0.1, 0.15) is 23.9 Å². The molecule has 6 nitrogen and oxygen atoms in total. The lowest BCUT2D eigenvalue weighted by Gasteiger charge is -2.15. The zero-order valence-corrected chi connectivity index (χ0v) is 14.9. The molecule has 0 bridgehead atoms. The molecule has 0 saturated carbocycles. The van der Waals surface area contributed by atoms with Gasteiger partial charge in [0, 0.05) is 19.2 Å². The Bertz CT molecular complexity index is 874. The van der Waals surface area contributed by atoms with Crippen LogP contribution in [-0.4, -0.2) is 40.7 Å². The van der Waals surface area contributed by atoms with Gasteiger partial charge in [-0.05, 0) is 66.6 Å². The molecule has 1 saturated heterocycles. The summed E-state index contributed by atoms with van der Waals surface area (Å²) < 4.78 is 11.6. The SMILES string of the molecule is O=C1CCCN1CCOc1ccc(Oc2ccc(-c3ccn[nH]3)cc2)cc1. The van der Waals surface area contributed by atoms with Crippen LogP contribution in [0.15, 0.2) is 60.8 Å². The standard InChI is InChI=1S/C21H21N3O3/c25-21-2-1-13-24(21)14-15-26-17-7-9-19(10-8-17)27-18-5-3-16(4-6-18)20-11-12-22-23-20/h3-12H,1-2,13-15H2,(H,22,23). The van der Waals surface area contributed by atoms with Gasteiger partial charge >= 0.3 is 0 Å². The number of nitrogens with one attached hydrogen (secondary N) is 1. The second-order valence-corrected chi connectivity index (χ2v) is 6.40. The van der Waals surface area contributed by atoms with Crippen LogP contribution in [0.1, 0.15) is 12.8 Å². The topological polar surface area (TPSA) is 67.5 Å². The van der Waals surface area contributed by atoms with E-state index in [1.54, 1.807) is 6.20 Å². The number of carbonyl (C=O) groups excluding carboxylic acids is 1. The molecule has 0 atom stereocenters. The molecule has 1 fully saturated rings. The van der Waals surface area contributed by atoms with E-state index >= 15 is 0 Å². The van der Waals surface area contributed by atoms with Crippen LogP contribution >= 0.6 is 0 Å².